The zero-order valence-electron chi connectivity index (χ0n) is 37.3. The summed E-state index contributed by atoms with van der Waals surface area (Å²) >= 11 is 0. The van der Waals surface area contributed by atoms with E-state index in [0.29, 0.717) is 26.1 Å². The van der Waals surface area contributed by atoms with Crippen molar-refractivity contribution in [2.24, 2.45) is 0 Å². The van der Waals surface area contributed by atoms with Gasteiger partial charge >= 0.3 is 48.9 Å². The van der Waals surface area contributed by atoms with Gasteiger partial charge in [-0.05, 0) is 62.5 Å². The average Bonchev–Trinajstić information content (AvgIpc) is 3.22. The van der Waals surface area contributed by atoms with Crippen LogP contribution in [0.15, 0.2) is 60.7 Å². The van der Waals surface area contributed by atoms with Crippen molar-refractivity contribution in [2.45, 2.75) is 231 Å². The molecule has 8 nitrogen and oxygen atoms in total. The van der Waals surface area contributed by atoms with E-state index in [1.807, 2.05) is 60.7 Å². The van der Waals surface area contributed by atoms with Crippen LogP contribution in [0.1, 0.15) is 205 Å². The third kappa shape index (κ3) is 36.0. The molecule has 0 fully saturated rings. The molecular formula is C50H82BaO8. The number of carbonyl (C=O) groups excluding carboxylic acids is 2. The van der Waals surface area contributed by atoms with Crippen LogP contribution >= 0.6 is 0 Å². The molecule has 4 atom stereocenters. The van der Waals surface area contributed by atoms with E-state index in [0.717, 1.165) is 75.3 Å². The number of carboxylic acid groups (broad SMARTS) is 2. The SMILES string of the molecule is CCCCCCCCCCC(O)C(CCCCCC(=O)[O-])OCc1ccccc1.CCCCCCCCCCC(O)C(CCCCCC(=O)[O-])OCc1ccccc1.[Ba+2]. The van der Waals surface area contributed by atoms with Crippen molar-refractivity contribution < 1.29 is 39.5 Å². The summed E-state index contributed by atoms with van der Waals surface area (Å²) in [5.74, 6) is -1.98. The summed E-state index contributed by atoms with van der Waals surface area (Å²) in [6.45, 7) is 5.47. The molecule has 0 heterocycles. The van der Waals surface area contributed by atoms with Crippen LogP contribution < -0.4 is 10.2 Å². The average molecular weight is 949 g/mol. The first-order chi connectivity index (χ1) is 28.3. The van der Waals surface area contributed by atoms with Gasteiger partial charge in [0.05, 0.1) is 37.6 Å². The molecule has 2 aromatic rings. The molecule has 0 aliphatic heterocycles. The first-order valence-electron chi connectivity index (χ1n) is 23.3. The van der Waals surface area contributed by atoms with Crippen molar-refractivity contribution in [3.8, 4) is 0 Å². The first kappa shape index (κ1) is 57.8. The van der Waals surface area contributed by atoms with Crippen LogP contribution in [0.25, 0.3) is 0 Å². The standard InChI is InChI=1S/2C25H42O4.Ba/c2*1-2-3-4-5-6-7-8-13-18-23(26)24(19-14-10-15-20-25(27)28)29-21-22-16-11-9-12-17-22;/h2*9,11-12,16-17,23-24,26H,2-8,10,13-15,18-21H2,1H3,(H,27,28);/q;;+2/p-2. The number of carboxylic acids is 2. The van der Waals surface area contributed by atoms with E-state index in [-0.39, 0.29) is 73.9 Å². The molecule has 0 saturated carbocycles. The number of carbonyl (C=O) groups is 2. The number of hydrogen-bond acceptors (Lipinski definition) is 8. The minimum Gasteiger partial charge on any atom is -0.550 e. The Bertz CT molecular complexity index is 1110. The first-order valence-corrected chi connectivity index (χ1v) is 23.3. The number of benzene rings is 2. The monoisotopic (exact) mass is 949 g/mol. The number of aliphatic carboxylic acids is 2. The Labute approximate surface area is 400 Å². The fourth-order valence-corrected chi connectivity index (χ4v) is 7.26. The summed E-state index contributed by atoms with van der Waals surface area (Å²) in [6.07, 6.45) is 26.6. The molecule has 59 heavy (non-hydrogen) atoms. The predicted octanol–water partition coefficient (Wildman–Crippen LogP) is 9.95. The molecule has 0 spiro atoms. The Kier molecular flexibility index (Phi) is 41.2. The van der Waals surface area contributed by atoms with E-state index in [1.54, 1.807) is 0 Å². The molecule has 0 bridgehead atoms. The number of ether oxygens (including phenoxy) is 2. The van der Waals surface area contributed by atoms with Gasteiger partial charge in [0.15, 0.2) is 0 Å². The van der Waals surface area contributed by atoms with Gasteiger partial charge < -0.3 is 39.5 Å². The molecule has 2 aromatic carbocycles. The van der Waals surface area contributed by atoms with Crippen LogP contribution in [-0.2, 0) is 32.3 Å². The third-order valence-electron chi connectivity index (χ3n) is 10.9. The van der Waals surface area contributed by atoms with Crippen molar-refractivity contribution in [3.63, 3.8) is 0 Å². The van der Waals surface area contributed by atoms with E-state index in [2.05, 4.69) is 13.8 Å². The van der Waals surface area contributed by atoms with E-state index in [9.17, 15) is 30.0 Å². The predicted molar refractivity (Wildman–Crippen MR) is 238 cm³/mol. The number of unbranched alkanes of at least 4 members (excludes halogenated alkanes) is 18. The molecule has 0 amide bonds. The minimum absolute atomic E-state index is 0. The molecule has 0 radical (unpaired) electrons. The molecule has 0 aliphatic rings. The Morgan fingerprint density at radius 3 is 1.07 bits per heavy atom. The van der Waals surface area contributed by atoms with Gasteiger partial charge in [0.25, 0.3) is 0 Å². The van der Waals surface area contributed by atoms with Crippen molar-refractivity contribution in [1.29, 1.82) is 0 Å². The van der Waals surface area contributed by atoms with Gasteiger partial charge in [0.1, 0.15) is 0 Å². The summed E-state index contributed by atoms with van der Waals surface area (Å²) in [7, 11) is 0. The topological polar surface area (TPSA) is 139 Å². The summed E-state index contributed by atoms with van der Waals surface area (Å²) < 4.78 is 12.1. The maximum atomic E-state index is 10.7. The van der Waals surface area contributed by atoms with Crippen molar-refractivity contribution in [1.82, 2.24) is 0 Å². The normalized spacial score (nSPS) is 13.1. The van der Waals surface area contributed by atoms with Gasteiger partial charge in [0, 0.05) is 11.9 Å². The van der Waals surface area contributed by atoms with Crippen LogP contribution in [0, 0.1) is 0 Å². The Morgan fingerprint density at radius 1 is 0.458 bits per heavy atom. The number of aliphatic hydroxyl groups is 2. The van der Waals surface area contributed by atoms with E-state index >= 15 is 0 Å². The zero-order chi connectivity index (χ0) is 42.3. The van der Waals surface area contributed by atoms with Gasteiger partial charge in [-0.2, -0.15) is 0 Å². The van der Waals surface area contributed by atoms with Crippen LogP contribution in [0.3, 0.4) is 0 Å². The van der Waals surface area contributed by atoms with Gasteiger partial charge in [-0.25, -0.2) is 0 Å². The fraction of sp³-hybridized carbons (Fsp3) is 0.720. The summed E-state index contributed by atoms with van der Waals surface area (Å²) in [5.41, 5.74) is 2.21. The number of rotatable bonds is 38. The Balaban J connectivity index is 0.00000112. The maximum absolute atomic E-state index is 10.7. The maximum Gasteiger partial charge on any atom is 2.00 e. The Hall–Kier alpha value is -1.21. The molecule has 0 saturated heterocycles. The second-order valence-electron chi connectivity index (χ2n) is 16.3. The summed E-state index contributed by atoms with van der Waals surface area (Å²) in [6, 6.07) is 20.0. The number of aliphatic hydroxyl groups excluding tert-OH is 2. The molecule has 332 valence electrons. The van der Waals surface area contributed by atoms with Crippen LogP contribution in [0.5, 0.6) is 0 Å². The number of hydrogen-bond donors (Lipinski definition) is 2. The van der Waals surface area contributed by atoms with Crippen molar-refractivity contribution in [2.75, 3.05) is 0 Å². The molecule has 0 aromatic heterocycles. The van der Waals surface area contributed by atoms with Crippen molar-refractivity contribution in [3.05, 3.63) is 71.8 Å². The Morgan fingerprint density at radius 2 is 0.746 bits per heavy atom. The van der Waals surface area contributed by atoms with E-state index in [4.69, 9.17) is 9.47 Å². The summed E-state index contributed by atoms with van der Waals surface area (Å²) in [4.78, 5) is 21.1. The van der Waals surface area contributed by atoms with Crippen LogP contribution in [0.2, 0.25) is 0 Å². The minimum atomic E-state index is -0.989. The van der Waals surface area contributed by atoms with E-state index < -0.39 is 24.1 Å². The molecule has 2 rings (SSSR count). The van der Waals surface area contributed by atoms with E-state index in [1.165, 1.54) is 89.9 Å². The van der Waals surface area contributed by atoms with Crippen molar-refractivity contribution >= 4 is 60.8 Å². The zero-order valence-corrected chi connectivity index (χ0v) is 41.8. The molecule has 2 N–H and O–H groups in total. The van der Waals surface area contributed by atoms with Gasteiger partial charge in [-0.15, -0.1) is 0 Å². The van der Waals surface area contributed by atoms with Crippen LogP contribution in [-0.4, -0.2) is 95.4 Å². The molecule has 9 heteroatoms. The second-order valence-corrected chi connectivity index (χ2v) is 16.3. The van der Waals surface area contributed by atoms with Crippen LogP contribution in [0.4, 0.5) is 0 Å². The fourth-order valence-electron chi connectivity index (χ4n) is 7.26. The van der Waals surface area contributed by atoms with Gasteiger partial charge in [-0.1, -0.05) is 203 Å². The molecule has 0 aliphatic carbocycles. The molecule has 4 unspecified atom stereocenters. The second kappa shape index (κ2) is 42.1. The third-order valence-corrected chi connectivity index (χ3v) is 10.9. The smallest absolute Gasteiger partial charge is 0.550 e. The summed E-state index contributed by atoms with van der Waals surface area (Å²) in [5, 5.41) is 42.4. The molecular weight excluding hydrogens is 866 g/mol. The van der Waals surface area contributed by atoms with Gasteiger partial charge in [-0.3, -0.25) is 0 Å². The largest absolute Gasteiger partial charge is 2.00 e. The van der Waals surface area contributed by atoms with Gasteiger partial charge in [0.2, 0.25) is 0 Å². The quantitative estimate of drug-likeness (QED) is 0.0501.